The molecule has 0 fully saturated rings. The summed E-state index contributed by atoms with van der Waals surface area (Å²) < 4.78 is 2.33. The van der Waals surface area contributed by atoms with E-state index in [1.54, 1.807) is 11.3 Å². The van der Waals surface area contributed by atoms with Crippen LogP contribution in [0.1, 0.15) is 11.1 Å². The Labute approximate surface area is 89.1 Å². The van der Waals surface area contributed by atoms with Crippen molar-refractivity contribution in [3.05, 3.63) is 33.1 Å². The number of benzene rings is 1. The van der Waals surface area contributed by atoms with Crippen LogP contribution in [0.25, 0.3) is 10.1 Å². The molecule has 13 heavy (non-hydrogen) atoms. The summed E-state index contributed by atoms with van der Waals surface area (Å²) in [5.74, 6) is 0. The maximum atomic E-state index is 9.13. The van der Waals surface area contributed by atoms with E-state index in [0.29, 0.717) is 0 Å². The van der Waals surface area contributed by atoms with Crippen LogP contribution in [0.3, 0.4) is 0 Å². The predicted molar refractivity (Wildman–Crippen MR) is 60.2 cm³/mol. The first-order valence-corrected chi connectivity index (χ1v) is 5.67. The minimum atomic E-state index is 0.113. The van der Waals surface area contributed by atoms with E-state index in [4.69, 9.17) is 5.11 Å². The average Bonchev–Trinajstić information content (AvgIpc) is 2.55. The molecule has 0 atom stereocenters. The number of hydrogen-bond donors (Lipinski definition) is 1. The van der Waals surface area contributed by atoms with Gasteiger partial charge >= 0.3 is 0 Å². The predicted octanol–water partition coefficient (Wildman–Crippen LogP) is 3.46. The molecule has 0 amide bonds. The van der Waals surface area contributed by atoms with Crippen molar-refractivity contribution in [2.75, 3.05) is 0 Å². The molecule has 2 rings (SSSR count). The zero-order valence-electron chi connectivity index (χ0n) is 7.17. The SMILES string of the molecule is Cc1ccc2scc(CO)c2c1Br. The number of aliphatic hydroxyl groups excluding tert-OH is 1. The van der Waals surface area contributed by atoms with E-state index in [0.717, 1.165) is 15.4 Å². The summed E-state index contributed by atoms with van der Waals surface area (Å²) in [5.41, 5.74) is 2.22. The third-order valence-electron chi connectivity index (χ3n) is 2.12. The molecule has 0 aliphatic carbocycles. The van der Waals surface area contributed by atoms with Gasteiger partial charge in [-0.05, 0) is 45.4 Å². The maximum Gasteiger partial charge on any atom is 0.0696 e. The number of aryl methyl sites for hydroxylation is 1. The van der Waals surface area contributed by atoms with Gasteiger partial charge in [0.2, 0.25) is 0 Å². The number of thiophene rings is 1. The van der Waals surface area contributed by atoms with Crippen LogP contribution in [-0.2, 0) is 6.61 Å². The zero-order chi connectivity index (χ0) is 9.42. The van der Waals surface area contributed by atoms with Gasteiger partial charge in [0.05, 0.1) is 6.61 Å². The molecular weight excluding hydrogens is 248 g/mol. The second-order valence-electron chi connectivity index (χ2n) is 2.99. The van der Waals surface area contributed by atoms with Crippen molar-refractivity contribution in [2.45, 2.75) is 13.5 Å². The molecule has 1 nitrogen and oxygen atoms in total. The lowest BCUT2D eigenvalue weighted by atomic mass is 10.1. The fourth-order valence-corrected chi connectivity index (χ4v) is 3.06. The van der Waals surface area contributed by atoms with E-state index < -0.39 is 0 Å². The molecule has 0 unspecified atom stereocenters. The third-order valence-corrected chi connectivity index (χ3v) is 4.13. The van der Waals surface area contributed by atoms with Crippen molar-refractivity contribution in [2.24, 2.45) is 0 Å². The van der Waals surface area contributed by atoms with Crippen molar-refractivity contribution in [1.29, 1.82) is 0 Å². The molecule has 2 aromatic rings. The molecule has 1 N–H and O–H groups in total. The summed E-state index contributed by atoms with van der Waals surface area (Å²) >= 11 is 5.22. The smallest absolute Gasteiger partial charge is 0.0696 e. The van der Waals surface area contributed by atoms with Crippen LogP contribution in [-0.4, -0.2) is 5.11 Å². The zero-order valence-corrected chi connectivity index (χ0v) is 9.58. The Kier molecular flexibility index (Phi) is 2.41. The molecule has 0 spiro atoms. The van der Waals surface area contributed by atoms with E-state index in [1.165, 1.54) is 10.3 Å². The minimum absolute atomic E-state index is 0.113. The fraction of sp³-hybridized carbons (Fsp3) is 0.200. The molecular formula is C10H9BrOS. The van der Waals surface area contributed by atoms with Gasteiger partial charge in [-0.1, -0.05) is 6.07 Å². The van der Waals surface area contributed by atoms with Gasteiger partial charge in [0, 0.05) is 14.6 Å². The van der Waals surface area contributed by atoms with Gasteiger partial charge in [-0.25, -0.2) is 0 Å². The van der Waals surface area contributed by atoms with Gasteiger partial charge in [-0.3, -0.25) is 0 Å². The Hall–Kier alpha value is -0.380. The van der Waals surface area contributed by atoms with E-state index in [9.17, 15) is 0 Å². The van der Waals surface area contributed by atoms with E-state index >= 15 is 0 Å². The Morgan fingerprint density at radius 2 is 2.23 bits per heavy atom. The van der Waals surface area contributed by atoms with Crippen molar-refractivity contribution in [3.8, 4) is 0 Å². The van der Waals surface area contributed by atoms with Crippen molar-refractivity contribution in [3.63, 3.8) is 0 Å². The van der Waals surface area contributed by atoms with Crippen LogP contribution >= 0.6 is 27.3 Å². The van der Waals surface area contributed by atoms with Gasteiger partial charge in [0.25, 0.3) is 0 Å². The fourth-order valence-electron chi connectivity index (χ4n) is 1.37. The Bertz CT molecular complexity index is 447. The minimum Gasteiger partial charge on any atom is -0.392 e. The highest BCUT2D eigenvalue weighted by Crippen LogP contribution is 2.34. The highest BCUT2D eigenvalue weighted by atomic mass is 79.9. The number of hydrogen-bond acceptors (Lipinski definition) is 2. The molecule has 0 aliphatic rings. The molecule has 68 valence electrons. The van der Waals surface area contributed by atoms with Crippen LogP contribution in [0, 0.1) is 6.92 Å². The first kappa shape index (κ1) is 9.19. The molecule has 3 heteroatoms. The molecule has 1 aromatic heterocycles. The van der Waals surface area contributed by atoms with Crippen molar-refractivity contribution >= 4 is 37.4 Å². The quantitative estimate of drug-likeness (QED) is 0.829. The topological polar surface area (TPSA) is 20.2 Å². The van der Waals surface area contributed by atoms with Gasteiger partial charge < -0.3 is 5.11 Å². The van der Waals surface area contributed by atoms with Gasteiger partial charge in [0.1, 0.15) is 0 Å². The molecule has 0 saturated heterocycles. The van der Waals surface area contributed by atoms with Crippen LogP contribution in [0.4, 0.5) is 0 Å². The van der Waals surface area contributed by atoms with Crippen LogP contribution < -0.4 is 0 Å². The largest absolute Gasteiger partial charge is 0.392 e. The first-order valence-electron chi connectivity index (χ1n) is 4.00. The number of rotatable bonds is 1. The molecule has 1 aromatic carbocycles. The van der Waals surface area contributed by atoms with E-state index in [2.05, 4.69) is 35.0 Å². The Morgan fingerprint density at radius 3 is 2.92 bits per heavy atom. The van der Waals surface area contributed by atoms with E-state index in [-0.39, 0.29) is 6.61 Å². The monoisotopic (exact) mass is 256 g/mol. The summed E-state index contributed by atoms with van der Waals surface area (Å²) in [4.78, 5) is 0. The average molecular weight is 257 g/mol. The summed E-state index contributed by atoms with van der Waals surface area (Å²) in [6.45, 7) is 2.17. The summed E-state index contributed by atoms with van der Waals surface area (Å²) in [6, 6.07) is 4.18. The first-order chi connectivity index (χ1) is 6.24. The lowest BCUT2D eigenvalue weighted by Gasteiger charge is -2.01. The lowest BCUT2D eigenvalue weighted by molar-refractivity contribution is 0.284. The van der Waals surface area contributed by atoms with Gasteiger partial charge in [-0.2, -0.15) is 0 Å². The standard InChI is InChI=1S/C10H9BrOS/c1-6-2-3-8-9(10(6)11)7(4-12)5-13-8/h2-3,5,12H,4H2,1H3. The van der Waals surface area contributed by atoms with Gasteiger partial charge in [0.15, 0.2) is 0 Å². The number of fused-ring (bicyclic) bond motifs is 1. The summed E-state index contributed by atoms with van der Waals surface area (Å²) in [6.07, 6.45) is 0. The highest BCUT2D eigenvalue weighted by molar-refractivity contribution is 9.10. The van der Waals surface area contributed by atoms with Crippen LogP contribution in [0.2, 0.25) is 0 Å². The summed E-state index contributed by atoms with van der Waals surface area (Å²) in [7, 11) is 0. The van der Waals surface area contributed by atoms with Crippen molar-refractivity contribution in [1.82, 2.24) is 0 Å². The third kappa shape index (κ3) is 1.41. The molecule has 1 heterocycles. The van der Waals surface area contributed by atoms with E-state index in [1.807, 2.05) is 5.38 Å². The van der Waals surface area contributed by atoms with Crippen molar-refractivity contribution < 1.29 is 5.11 Å². The lowest BCUT2D eigenvalue weighted by Crippen LogP contribution is -1.82. The Balaban J connectivity index is 2.85. The normalized spacial score (nSPS) is 11.0. The second-order valence-corrected chi connectivity index (χ2v) is 4.69. The molecule has 0 radical (unpaired) electrons. The van der Waals surface area contributed by atoms with Gasteiger partial charge in [-0.15, -0.1) is 11.3 Å². The second kappa shape index (κ2) is 3.40. The molecule has 0 aliphatic heterocycles. The maximum absolute atomic E-state index is 9.13. The highest BCUT2D eigenvalue weighted by Gasteiger charge is 2.07. The molecule has 0 saturated carbocycles. The Morgan fingerprint density at radius 1 is 1.46 bits per heavy atom. The number of halogens is 1. The summed E-state index contributed by atoms with van der Waals surface area (Å²) in [5, 5.41) is 12.3. The van der Waals surface area contributed by atoms with Crippen LogP contribution in [0.15, 0.2) is 22.0 Å². The number of aliphatic hydroxyl groups is 1. The van der Waals surface area contributed by atoms with Crippen LogP contribution in [0.5, 0.6) is 0 Å². The molecule has 0 bridgehead atoms.